The van der Waals surface area contributed by atoms with E-state index in [1.807, 2.05) is 18.2 Å². The standard InChI is InChI=1S/C28H24N4O5/c1-36-24-16-22-20(15-21(24)25(29)33)23(11-14-30-22)37-19-9-7-18(8-10-19)32-27(35)28(12-13-28)26(34)31-17-5-3-2-4-6-17/h2-11,14-16H,12-13H2,1H3,(H2,29,33)(H,31,34)(H,32,35). The summed E-state index contributed by atoms with van der Waals surface area (Å²) in [4.78, 5) is 41.9. The van der Waals surface area contributed by atoms with Gasteiger partial charge in [0.15, 0.2) is 0 Å². The lowest BCUT2D eigenvalue weighted by atomic mass is 10.0. The van der Waals surface area contributed by atoms with E-state index in [-0.39, 0.29) is 17.4 Å². The highest BCUT2D eigenvalue weighted by atomic mass is 16.5. The van der Waals surface area contributed by atoms with Gasteiger partial charge in [0.25, 0.3) is 5.91 Å². The second kappa shape index (κ2) is 9.62. The first-order chi connectivity index (χ1) is 17.9. The van der Waals surface area contributed by atoms with E-state index < -0.39 is 11.3 Å². The van der Waals surface area contributed by atoms with Gasteiger partial charge in [0.2, 0.25) is 11.8 Å². The van der Waals surface area contributed by atoms with Gasteiger partial charge in [-0.15, -0.1) is 0 Å². The van der Waals surface area contributed by atoms with E-state index in [0.29, 0.717) is 52.4 Å². The Balaban J connectivity index is 1.29. The Morgan fingerprint density at radius 1 is 0.865 bits per heavy atom. The maximum absolute atomic E-state index is 12.9. The maximum atomic E-state index is 12.9. The molecule has 37 heavy (non-hydrogen) atoms. The van der Waals surface area contributed by atoms with Gasteiger partial charge < -0.3 is 25.8 Å². The molecule has 0 aliphatic heterocycles. The largest absolute Gasteiger partial charge is 0.496 e. The maximum Gasteiger partial charge on any atom is 0.252 e. The molecule has 9 nitrogen and oxygen atoms in total. The number of hydrogen-bond donors (Lipinski definition) is 3. The summed E-state index contributed by atoms with van der Waals surface area (Å²) in [7, 11) is 1.45. The number of nitrogens with zero attached hydrogens (tertiary/aromatic N) is 1. The van der Waals surface area contributed by atoms with Crippen LogP contribution in [0.15, 0.2) is 79.0 Å². The Morgan fingerprint density at radius 3 is 2.11 bits per heavy atom. The third kappa shape index (κ3) is 4.79. The molecule has 4 aromatic rings. The van der Waals surface area contributed by atoms with Crippen molar-refractivity contribution in [1.82, 2.24) is 4.98 Å². The van der Waals surface area contributed by atoms with Crippen molar-refractivity contribution < 1.29 is 23.9 Å². The summed E-state index contributed by atoms with van der Waals surface area (Å²) < 4.78 is 11.3. The number of anilines is 2. The molecule has 1 fully saturated rings. The number of benzene rings is 3. The van der Waals surface area contributed by atoms with Gasteiger partial charge in [0.1, 0.15) is 22.7 Å². The second-order valence-electron chi connectivity index (χ2n) is 8.73. The van der Waals surface area contributed by atoms with E-state index in [4.69, 9.17) is 15.2 Å². The summed E-state index contributed by atoms with van der Waals surface area (Å²) in [6.07, 6.45) is 2.57. The number of primary amides is 1. The van der Waals surface area contributed by atoms with E-state index >= 15 is 0 Å². The topological polar surface area (TPSA) is 133 Å². The fourth-order valence-corrected chi connectivity index (χ4v) is 4.04. The monoisotopic (exact) mass is 496 g/mol. The van der Waals surface area contributed by atoms with Gasteiger partial charge in [-0.25, -0.2) is 0 Å². The van der Waals surface area contributed by atoms with E-state index in [2.05, 4.69) is 15.6 Å². The zero-order chi connectivity index (χ0) is 26.0. The van der Waals surface area contributed by atoms with Gasteiger partial charge in [-0.1, -0.05) is 18.2 Å². The number of nitrogens with one attached hydrogen (secondary N) is 2. The summed E-state index contributed by atoms with van der Waals surface area (Å²) in [5.74, 6) is 0.0249. The van der Waals surface area contributed by atoms with Gasteiger partial charge in [0.05, 0.1) is 18.2 Å². The van der Waals surface area contributed by atoms with Crippen LogP contribution in [-0.2, 0) is 9.59 Å². The highest BCUT2D eigenvalue weighted by molar-refractivity contribution is 6.16. The van der Waals surface area contributed by atoms with E-state index in [9.17, 15) is 14.4 Å². The van der Waals surface area contributed by atoms with Crippen molar-refractivity contribution in [3.05, 3.63) is 84.6 Å². The van der Waals surface area contributed by atoms with Crippen molar-refractivity contribution in [1.29, 1.82) is 0 Å². The molecule has 0 atom stereocenters. The highest BCUT2D eigenvalue weighted by Crippen LogP contribution is 2.47. The summed E-state index contributed by atoms with van der Waals surface area (Å²) in [6.45, 7) is 0. The Hall–Kier alpha value is -4.92. The predicted molar refractivity (Wildman–Crippen MR) is 139 cm³/mol. The molecule has 0 saturated heterocycles. The minimum absolute atomic E-state index is 0.219. The van der Waals surface area contributed by atoms with Gasteiger partial charge in [-0.3, -0.25) is 19.4 Å². The molecular formula is C28H24N4O5. The number of rotatable bonds is 8. The molecule has 9 heteroatoms. The SMILES string of the molecule is COc1cc2nccc(Oc3ccc(NC(=O)C4(C(=O)Nc5ccccc5)CC4)cc3)c2cc1C(N)=O. The first-order valence-electron chi connectivity index (χ1n) is 11.6. The molecule has 1 aliphatic carbocycles. The molecule has 0 spiro atoms. The fraction of sp³-hybridized carbons (Fsp3) is 0.143. The molecule has 1 heterocycles. The molecule has 0 radical (unpaired) electrons. The number of pyridine rings is 1. The Morgan fingerprint density at radius 2 is 1.51 bits per heavy atom. The van der Waals surface area contributed by atoms with E-state index in [1.165, 1.54) is 7.11 Å². The number of carbonyl (C=O) groups excluding carboxylic acids is 3. The van der Waals surface area contributed by atoms with Crippen LogP contribution in [0, 0.1) is 5.41 Å². The normalized spacial score (nSPS) is 13.4. The molecule has 0 bridgehead atoms. The number of nitrogens with two attached hydrogens (primary N) is 1. The van der Waals surface area contributed by atoms with Crippen molar-refractivity contribution in [3.63, 3.8) is 0 Å². The lowest BCUT2D eigenvalue weighted by molar-refractivity contribution is -0.131. The zero-order valence-electron chi connectivity index (χ0n) is 20.0. The number of methoxy groups -OCH3 is 1. The Labute approximate surface area is 212 Å². The van der Waals surface area contributed by atoms with Gasteiger partial charge in [-0.05, 0) is 61.4 Å². The molecule has 1 aliphatic rings. The predicted octanol–water partition coefficient (Wildman–Crippen LogP) is 4.49. The van der Waals surface area contributed by atoms with Crippen molar-refractivity contribution >= 4 is 40.0 Å². The van der Waals surface area contributed by atoms with E-state index in [0.717, 1.165) is 0 Å². The first kappa shape index (κ1) is 23.8. The fourth-order valence-electron chi connectivity index (χ4n) is 4.04. The molecule has 1 saturated carbocycles. The number of aromatic nitrogens is 1. The van der Waals surface area contributed by atoms with Gasteiger partial charge in [0, 0.05) is 29.0 Å². The Kier molecular flexibility index (Phi) is 6.19. The minimum atomic E-state index is -1.07. The number of hydrogen-bond acceptors (Lipinski definition) is 6. The van der Waals surface area contributed by atoms with Crippen molar-refractivity contribution in [3.8, 4) is 17.2 Å². The average Bonchev–Trinajstić information content (AvgIpc) is 3.72. The number of fused-ring (bicyclic) bond motifs is 1. The minimum Gasteiger partial charge on any atom is -0.496 e. The molecule has 3 amide bonds. The van der Waals surface area contributed by atoms with Crippen LogP contribution in [0.2, 0.25) is 0 Å². The lowest BCUT2D eigenvalue weighted by Crippen LogP contribution is -2.35. The molecule has 4 N–H and O–H groups in total. The van der Waals surface area contributed by atoms with Crippen LogP contribution in [0.3, 0.4) is 0 Å². The van der Waals surface area contributed by atoms with Crippen LogP contribution in [0.4, 0.5) is 11.4 Å². The summed E-state index contributed by atoms with van der Waals surface area (Å²) in [5.41, 5.74) is 6.41. The molecule has 186 valence electrons. The first-order valence-corrected chi connectivity index (χ1v) is 11.6. The molecule has 0 unspecified atom stereocenters. The number of ether oxygens (including phenoxy) is 2. The summed E-state index contributed by atoms with van der Waals surface area (Å²) in [5, 5.41) is 6.25. The molecule has 1 aromatic heterocycles. The van der Waals surface area contributed by atoms with Crippen LogP contribution >= 0.6 is 0 Å². The summed E-state index contributed by atoms with van der Waals surface area (Å²) in [6, 6.07) is 20.7. The van der Waals surface area contributed by atoms with Crippen LogP contribution in [-0.4, -0.2) is 29.8 Å². The van der Waals surface area contributed by atoms with Crippen molar-refractivity contribution in [2.45, 2.75) is 12.8 Å². The molecule has 5 rings (SSSR count). The van der Waals surface area contributed by atoms with Gasteiger partial charge >= 0.3 is 0 Å². The Bertz CT molecular complexity index is 1500. The second-order valence-corrected chi connectivity index (χ2v) is 8.73. The van der Waals surface area contributed by atoms with Gasteiger partial charge in [-0.2, -0.15) is 0 Å². The average molecular weight is 497 g/mol. The summed E-state index contributed by atoms with van der Waals surface area (Å²) >= 11 is 0. The zero-order valence-corrected chi connectivity index (χ0v) is 20.0. The van der Waals surface area contributed by atoms with Crippen molar-refractivity contribution in [2.75, 3.05) is 17.7 Å². The number of amides is 3. The van der Waals surface area contributed by atoms with Crippen LogP contribution in [0.5, 0.6) is 17.2 Å². The highest BCUT2D eigenvalue weighted by Gasteiger charge is 2.56. The lowest BCUT2D eigenvalue weighted by Gasteiger charge is -2.16. The third-order valence-corrected chi connectivity index (χ3v) is 6.28. The number of para-hydroxylation sites is 1. The smallest absolute Gasteiger partial charge is 0.252 e. The van der Waals surface area contributed by atoms with Crippen LogP contribution < -0.4 is 25.8 Å². The van der Waals surface area contributed by atoms with Crippen LogP contribution in [0.25, 0.3) is 10.9 Å². The number of carbonyl (C=O) groups is 3. The van der Waals surface area contributed by atoms with Crippen molar-refractivity contribution in [2.24, 2.45) is 11.1 Å². The quantitative estimate of drug-likeness (QED) is 0.308. The van der Waals surface area contributed by atoms with Crippen LogP contribution in [0.1, 0.15) is 23.2 Å². The molecular weight excluding hydrogens is 472 g/mol. The third-order valence-electron chi connectivity index (χ3n) is 6.28. The van der Waals surface area contributed by atoms with E-state index in [1.54, 1.807) is 60.8 Å². The molecule has 3 aromatic carbocycles.